The molecule has 10 heavy (non-hydrogen) atoms. The number of aliphatic hydroxyl groups is 1. The van der Waals surface area contributed by atoms with Gasteiger partial charge in [0.1, 0.15) is 0 Å². The van der Waals surface area contributed by atoms with E-state index >= 15 is 0 Å². The third-order valence-corrected chi connectivity index (χ3v) is 1.42. The second kappa shape index (κ2) is 3.23. The molecule has 0 amide bonds. The van der Waals surface area contributed by atoms with Gasteiger partial charge in [-0.05, 0) is 5.92 Å². The van der Waals surface area contributed by atoms with Crippen LogP contribution in [0.5, 0.6) is 0 Å². The highest BCUT2D eigenvalue weighted by Crippen LogP contribution is 2.31. The zero-order valence-electron chi connectivity index (χ0n) is 5.94. The van der Waals surface area contributed by atoms with E-state index < -0.39 is 24.6 Å². The van der Waals surface area contributed by atoms with E-state index in [9.17, 15) is 13.2 Å². The number of halogens is 3. The number of hydrogen-bond donors (Lipinski definition) is 1. The fourth-order valence-corrected chi connectivity index (χ4v) is 0.692. The molecule has 4 heteroatoms. The zero-order chi connectivity index (χ0) is 8.36. The lowest BCUT2D eigenvalue weighted by molar-refractivity contribution is -0.195. The van der Waals surface area contributed by atoms with Crippen molar-refractivity contribution in [1.82, 2.24) is 0 Å². The molecule has 0 aromatic heterocycles. The Morgan fingerprint density at radius 1 is 1.30 bits per heavy atom. The van der Waals surface area contributed by atoms with Gasteiger partial charge in [-0.1, -0.05) is 13.8 Å². The van der Waals surface area contributed by atoms with Gasteiger partial charge in [0, 0.05) is 0 Å². The predicted octanol–water partition coefficient (Wildman–Crippen LogP) is 1.81. The van der Waals surface area contributed by atoms with Crippen LogP contribution in [0.3, 0.4) is 0 Å². The van der Waals surface area contributed by atoms with Crippen molar-refractivity contribution in [2.75, 3.05) is 6.61 Å². The van der Waals surface area contributed by atoms with E-state index in [1.807, 2.05) is 0 Å². The van der Waals surface area contributed by atoms with E-state index in [0.717, 1.165) is 0 Å². The van der Waals surface area contributed by atoms with Crippen molar-refractivity contribution in [3.8, 4) is 0 Å². The number of alkyl halides is 3. The number of hydrogen-bond acceptors (Lipinski definition) is 1. The molecular formula is C6H11F3O. The monoisotopic (exact) mass is 156 g/mol. The van der Waals surface area contributed by atoms with Crippen molar-refractivity contribution in [1.29, 1.82) is 0 Å². The first kappa shape index (κ1) is 9.75. The van der Waals surface area contributed by atoms with Crippen LogP contribution in [0.4, 0.5) is 13.2 Å². The van der Waals surface area contributed by atoms with Crippen LogP contribution in [0.15, 0.2) is 0 Å². The predicted molar refractivity (Wildman–Crippen MR) is 31.5 cm³/mol. The summed E-state index contributed by atoms with van der Waals surface area (Å²) in [5, 5.41) is 8.31. The average molecular weight is 156 g/mol. The van der Waals surface area contributed by atoms with Crippen molar-refractivity contribution in [3.05, 3.63) is 0 Å². The summed E-state index contributed by atoms with van der Waals surface area (Å²) in [6.45, 7) is 2.06. The molecule has 0 rings (SSSR count). The highest BCUT2D eigenvalue weighted by Gasteiger charge is 2.40. The summed E-state index contributed by atoms with van der Waals surface area (Å²) >= 11 is 0. The maximum Gasteiger partial charge on any atom is 0.394 e. The van der Waals surface area contributed by atoms with Crippen LogP contribution in [0.25, 0.3) is 0 Å². The molecule has 0 heterocycles. The summed E-state index contributed by atoms with van der Waals surface area (Å²) in [5.74, 6) is -2.13. The van der Waals surface area contributed by atoms with Gasteiger partial charge in [-0.2, -0.15) is 13.2 Å². The van der Waals surface area contributed by atoms with Crippen LogP contribution >= 0.6 is 0 Å². The Hall–Kier alpha value is -0.250. The SMILES string of the molecule is CC(C)C(CO)C(F)(F)F. The summed E-state index contributed by atoms with van der Waals surface area (Å²) in [4.78, 5) is 0. The number of aliphatic hydroxyl groups excluding tert-OH is 1. The first-order chi connectivity index (χ1) is 4.39. The minimum atomic E-state index is -4.26. The maximum absolute atomic E-state index is 11.8. The molecule has 0 aliphatic rings. The molecule has 0 aliphatic heterocycles. The Balaban J connectivity index is 4.07. The van der Waals surface area contributed by atoms with Gasteiger partial charge < -0.3 is 5.11 Å². The normalized spacial score (nSPS) is 15.9. The van der Waals surface area contributed by atoms with Gasteiger partial charge in [-0.25, -0.2) is 0 Å². The third-order valence-electron chi connectivity index (χ3n) is 1.42. The number of rotatable bonds is 2. The Bertz CT molecular complexity index is 97.7. The van der Waals surface area contributed by atoms with Gasteiger partial charge in [0.25, 0.3) is 0 Å². The topological polar surface area (TPSA) is 20.2 Å². The first-order valence-corrected chi connectivity index (χ1v) is 3.07. The minimum absolute atomic E-state index is 0.551. The molecule has 0 aromatic carbocycles. The van der Waals surface area contributed by atoms with Crippen molar-refractivity contribution in [2.45, 2.75) is 20.0 Å². The molecule has 0 saturated heterocycles. The lowest BCUT2D eigenvalue weighted by atomic mass is 9.96. The van der Waals surface area contributed by atoms with Gasteiger partial charge in [-0.3, -0.25) is 0 Å². The Morgan fingerprint density at radius 3 is 1.70 bits per heavy atom. The highest BCUT2D eigenvalue weighted by atomic mass is 19.4. The van der Waals surface area contributed by atoms with Gasteiger partial charge >= 0.3 is 6.18 Å². The highest BCUT2D eigenvalue weighted by molar-refractivity contribution is 4.69. The molecule has 1 N–H and O–H groups in total. The summed E-state index contributed by atoms with van der Waals surface area (Å²) < 4.78 is 35.4. The van der Waals surface area contributed by atoms with Crippen molar-refractivity contribution in [2.24, 2.45) is 11.8 Å². The fraction of sp³-hybridized carbons (Fsp3) is 1.00. The molecule has 0 aromatic rings. The van der Waals surface area contributed by atoms with Gasteiger partial charge in [0.2, 0.25) is 0 Å². The summed E-state index contributed by atoms with van der Waals surface area (Å²) in [5.41, 5.74) is 0. The summed E-state index contributed by atoms with van der Waals surface area (Å²) in [6.07, 6.45) is -4.26. The van der Waals surface area contributed by atoms with E-state index in [2.05, 4.69) is 0 Å². The molecule has 0 saturated carbocycles. The van der Waals surface area contributed by atoms with Crippen molar-refractivity contribution in [3.63, 3.8) is 0 Å². The van der Waals surface area contributed by atoms with Crippen LogP contribution in [0.2, 0.25) is 0 Å². The van der Waals surface area contributed by atoms with E-state index in [1.165, 1.54) is 13.8 Å². The molecule has 0 radical (unpaired) electrons. The third kappa shape index (κ3) is 2.56. The summed E-state index contributed by atoms with van der Waals surface area (Å²) in [7, 11) is 0. The molecule has 0 bridgehead atoms. The first-order valence-electron chi connectivity index (χ1n) is 3.07. The molecule has 1 nitrogen and oxygen atoms in total. The second-order valence-electron chi connectivity index (χ2n) is 2.57. The molecular weight excluding hydrogens is 145 g/mol. The van der Waals surface area contributed by atoms with Crippen molar-refractivity contribution >= 4 is 0 Å². The van der Waals surface area contributed by atoms with E-state index in [1.54, 1.807) is 0 Å². The molecule has 62 valence electrons. The Labute approximate surface area is 57.9 Å². The van der Waals surface area contributed by atoms with Gasteiger partial charge in [0.15, 0.2) is 0 Å². The molecule has 1 unspecified atom stereocenters. The van der Waals surface area contributed by atoms with Crippen LogP contribution in [-0.4, -0.2) is 17.9 Å². The largest absolute Gasteiger partial charge is 0.396 e. The molecule has 0 aliphatic carbocycles. The van der Waals surface area contributed by atoms with Gasteiger partial charge in [-0.15, -0.1) is 0 Å². The molecule has 0 spiro atoms. The van der Waals surface area contributed by atoms with Gasteiger partial charge in [0.05, 0.1) is 12.5 Å². The Morgan fingerprint density at radius 2 is 1.70 bits per heavy atom. The molecule has 0 fully saturated rings. The zero-order valence-corrected chi connectivity index (χ0v) is 5.94. The van der Waals surface area contributed by atoms with Crippen molar-refractivity contribution < 1.29 is 18.3 Å². The van der Waals surface area contributed by atoms with E-state index in [4.69, 9.17) is 5.11 Å². The quantitative estimate of drug-likeness (QED) is 0.646. The van der Waals surface area contributed by atoms with Crippen LogP contribution < -0.4 is 0 Å². The van der Waals surface area contributed by atoms with E-state index in [-0.39, 0.29) is 0 Å². The summed E-state index contributed by atoms with van der Waals surface area (Å²) in [6, 6.07) is 0. The lowest BCUT2D eigenvalue weighted by Crippen LogP contribution is -2.30. The maximum atomic E-state index is 11.8. The lowest BCUT2D eigenvalue weighted by Gasteiger charge is -2.20. The minimum Gasteiger partial charge on any atom is -0.396 e. The molecule has 1 atom stereocenters. The average Bonchev–Trinajstić information content (AvgIpc) is 1.60. The van der Waals surface area contributed by atoms with E-state index in [0.29, 0.717) is 0 Å². The smallest absolute Gasteiger partial charge is 0.394 e. The second-order valence-corrected chi connectivity index (χ2v) is 2.57. The van der Waals surface area contributed by atoms with Crippen LogP contribution in [0, 0.1) is 11.8 Å². The Kier molecular flexibility index (Phi) is 3.15. The van der Waals surface area contributed by atoms with Crippen LogP contribution in [-0.2, 0) is 0 Å². The van der Waals surface area contributed by atoms with Crippen LogP contribution in [0.1, 0.15) is 13.8 Å². The fourth-order valence-electron chi connectivity index (χ4n) is 0.692. The standard InChI is InChI=1S/C6H11F3O/c1-4(2)5(3-10)6(7,8)9/h4-5,10H,3H2,1-2H3.